The van der Waals surface area contributed by atoms with E-state index in [-0.39, 0.29) is 31.1 Å². The van der Waals surface area contributed by atoms with E-state index >= 15 is 0 Å². The Morgan fingerprint density at radius 3 is 0.743 bits per heavy atom. The van der Waals surface area contributed by atoms with Gasteiger partial charge in [0.25, 0.3) is 0 Å². The lowest BCUT2D eigenvalue weighted by Crippen LogP contribution is -2.30. The lowest BCUT2D eigenvalue weighted by molar-refractivity contribution is -0.167. The Labute approximate surface area is 436 Å². The average molecular weight is 986 g/mol. The van der Waals surface area contributed by atoms with Gasteiger partial charge in [-0.25, -0.2) is 0 Å². The Kier molecular flexibility index (Phi) is 57.7. The molecular weight excluding hydrogens is 865 g/mol. The first kappa shape index (κ1) is 67.9. The number of allylic oxidation sites excluding steroid dienone is 4. The molecule has 0 fully saturated rings. The predicted molar refractivity (Wildman–Crippen MR) is 303 cm³/mol. The molecule has 0 radical (unpaired) electrons. The van der Waals surface area contributed by atoms with Gasteiger partial charge in [-0.15, -0.1) is 0 Å². The fraction of sp³-hybridized carbons (Fsp3) is 0.891. The molecule has 0 heterocycles. The van der Waals surface area contributed by atoms with Crippen LogP contribution in [-0.2, 0) is 28.6 Å². The maximum Gasteiger partial charge on any atom is 0.306 e. The molecule has 0 aliphatic heterocycles. The van der Waals surface area contributed by atoms with Crippen LogP contribution in [0.5, 0.6) is 0 Å². The highest BCUT2D eigenvalue weighted by atomic mass is 16.6. The topological polar surface area (TPSA) is 78.9 Å². The van der Waals surface area contributed by atoms with Crippen LogP contribution >= 0.6 is 0 Å². The van der Waals surface area contributed by atoms with Crippen molar-refractivity contribution in [3.05, 3.63) is 24.3 Å². The molecule has 0 aromatic heterocycles. The van der Waals surface area contributed by atoms with E-state index in [4.69, 9.17) is 14.2 Å². The van der Waals surface area contributed by atoms with Gasteiger partial charge in [-0.05, 0) is 70.6 Å². The van der Waals surface area contributed by atoms with Crippen molar-refractivity contribution in [1.82, 2.24) is 0 Å². The third kappa shape index (κ3) is 56.8. The monoisotopic (exact) mass is 985 g/mol. The third-order valence-corrected chi connectivity index (χ3v) is 14.2. The molecule has 1 unspecified atom stereocenters. The van der Waals surface area contributed by atoms with Crippen molar-refractivity contribution in [3.8, 4) is 0 Å². The second kappa shape index (κ2) is 59.5. The molecule has 70 heavy (non-hydrogen) atoms. The predicted octanol–water partition coefficient (Wildman–Crippen LogP) is 21.1. The molecule has 0 aliphatic rings. The molecule has 0 aromatic rings. The second-order valence-electron chi connectivity index (χ2n) is 21.3. The van der Waals surface area contributed by atoms with Crippen LogP contribution in [0.25, 0.3) is 0 Å². The standard InChI is InChI=1S/C64H120O6/c1-4-7-10-13-16-19-21-23-24-25-26-27-28-29-30-31-32-33-34-35-36-37-38-39-40-41-43-45-48-51-54-57-63(66)69-60-61(59-68-62(65)56-53-50-47-44-18-15-12-9-6-3)70-64(67)58-55-52-49-46-42-22-20-17-14-11-8-5-2/h17,20,25-26,61H,4-16,18-19,21-24,27-60H2,1-3H3/b20-17-,26-25-. The number of hydrogen-bond donors (Lipinski definition) is 0. The van der Waals surface area contributed by atoms with Crippen LogP contribution in [0, 0.1) is 0 Å². The van der Waals surface area contributed by atoms with Gasteiger partial charge in [0.05, 0.1) is 0 Å². The first-order valence-electron chi connectivity index (χ1n) is 31.3. The summed E-state index contributed by atoms with van der Waals surface area (Å²) < 4.78 is 16.8. The molecule has 0 saturated carbocycles. The molecule has 412 valence electrons. The zero-order chi connectivity index (χ0) is 50.7. The summed E-state index contributed by atoms with van der Waals surface area (Å²) in [5.41, 5.74) is 0. The zero-order valence-corrected chi connectivity index (χ0v) is 47.3. The number of unbranched alkanes of at least 4 members (excludes halogenated alkanes) is 43. The molecule has 0 aliphatic carbocycles. The Morgan fingerprint density at radius 2 is 0.471 bits per heavy atom. The Bertz CT molecular complexity index is 1130. The highest BCUT2D eigenvalue weighted by Crippen LogP contribution is 2.17. The van der Waals surface area contributed by atoms with Crippen LogP contribution in [0.4, 0.5) is 0 Å². The van der Waals surface area contributed by atoms with Gasteiger partial charge >= 0.3 is 17.9 Å². The summed E-state index contributed by atoms with van der Waals surface area (Å²) in [5.74, 6) is -0.863. The fourth-order valence-corrected chi connectivity index (χ4v) is 9.44. The lowest BCUT2D eigenvalue weighted by Gasteiger charge is -2.18. The van der Waals surface area contributed by atoms with E-state index in [2.05, 4.69) is 45.1 Å². The van der Waals surface area contributed by atoms with Crippen LogP contribution < -0.4 is 0 Å². The molecule has 1 atom stereocenters. The Balaban J connectivity index is 3.99. The first-order chi connectivity index (χ1) is 34.5. The van der Waals surface area contributed by atoms with Crippen LogP contribution in [0.1, 0.15) is 348 Å². The summed E-state index contributed by atoms with van der Waals surface area (Å²) >= 11 is 0. The summed E-state index contributed by atoms with van der Waals surface area (Å²) in [4.78, 5) is 38.0. The molecular formula is C64H120O6. The minimum Gasteiger partial charge on any atom is -0.462 e. The Morgan fingerprint density at radius 1 is 0.271 bits per heavy atom. The summed E-state index contributed by atoms with van der Waals surface area (Å²) in [6, 6.07) is 0. The molecule has 6 heteroatoms. The summed E-state index contributed by atoms with van der Waals surface area (Å²) in [5, 5.41) is 0. The number of carbonyl (C=O) groups excluding carboxylic acids is 3. The summed E-state index contributed by atoms with van der Waals surface area (Å²) in [6.07, 6.45) is 70.8. The minimum absolute atomic E-state index is 0.0695. The molecule has 6 nitrogen and oxygen atoms in total. The van der Waals surface area contributed by atoms with Gasteiger partial charge < -0.3 is 14.2 Å². The van der Waals surface area contributed by atoms with E-state index in [0.29, 0.717) is 19.3 Å². The van der Waals surface area contributed by atoms with Crippen molar-refractivity contribution >= 4 is 17.9 Å². The maximum atomic E-state index is 12.8. The zero-order valence-electron chi connectivity index (χ0n) is 47.3. The van der Waals surface area contributed by atoms with Crippen molar-refractivity contribution in [2.75, 3.05) is 13.2 Å². The number of esters is 3. The third-order valence-electron chi connectivity index (χ3n) is 14.2. The SMILES string of the molecule is CCCCC/C=C\CCCCCCCC(=O)OC(COC(=O)CCCCCCCCCCC)COC(=O)CCCCCCCCCCCCCCCCCCCCC/C=C\CCCCCCCCCC. The van der Waals surface area contributed by atoms with Gasteiger partial charge in [-0.2, -0.15) is 0 Å². The molecule has 0 amide bonds. The number of ether oxygens (including phenoxy) is 3. The fourth-order valence-electron chi connectivity index (χ4n) is 9.44. The quantitative estimate of drug-likeness (QED) is 0.0261. The summed E-state index contributed by atoms with van der Waals surface area (Å²) in [6.45, 7) is 6.63. The van der Waals surface area contributed by atoms with Gasteiger partial charge in [-0.1, -0.05) is 283 Å². The van der Waals surface area contributed by atoms with Crippen molar-refractivity contribution in [2.24, 2.45) is 0 Å². The highest BCUT2D eigenvalue weighted by Gasteiger charge is 2.19. The average Bonchev–Trinajstić information content (AvgIpc) is 3.36. The first-order valence-corrected chi connectivity index (χ1v) is 31.3. The van der Waals surface area contributed by atoms with Crippen LogP contribution in [0.15, 0.2) is 24.3 Å². The van der Waals surface area contributed by atoms with Crippen molar-refractivity contribution < 1.29 is 28.6 Å². The highest BCUT2D eigenvalue weighted by molar-refractivity contribution is 5.71. The van der Waals surface area contributed by atoms with Crippen molar-refractivity contribution in [3.63, 3.8) is 0 Å². The molecule has 0 rings (SSSR count). The smallest absolute Gasteiger partial charge is 0.306 e. The van der Waals surface area contributed by atoms with E-state index in [1.807, 2.05) is 0 Å². The molecule has 0 aromatic carbocycles. The minimum atomic E-state index is -0.769. The largest absolute Gasteiger partial charge is 0.462 e. The van der Waals surface area contributed by atoms with E-state index in [1.165, 1.54) is 244 Å². The van der Waals surface area contributed by atoms with Crippen LogP contribution in [0.3, 0.4) is 0 Å². The van der Waals surface area contributed by atoms with E-state index in [9.17, 15) is 14.4 Å². The number of rotatable bonds is 58. The molecule has 0 N–H and O–H groups in total. The number of carbonyl (C=O) groups is 3. The van der Waals surface area contributed by atoms with E-state index in [0.717, 1.165) is 64.2 Å². The normalized spacial score (nSPS) is 12.1. The van der Waals surface area contributed by atoms with Gasteiger partial charge in [0.2, 0.25) is 0 Å². The Hall–Kier alpha value is -2.11. The van der Waals surface area contributed by atoms with Crippen molar-refractivity contribution in [1.29, 1.82) is 0 Å². The van der Waals surface area contributed by atoms with Crippen LogP contribution in [0.2, 0.25) is 0 Å². The summed E-state index contributed by atoms with van der Waals surface area (Å²) in [7, 11) is 0. The van der Waals surface area contributed by atoms with E-state index in [1.54, 1.807) is 0 Å². The van der Waals surface area contributed by atoms with Gasteiger partial charge in [-0.3, -0.25) is 14.4 Å². The van der Waals surface area contributed by atoms with Gasteiger partial charge in [0.1, 0.15) is 13.2 Å². The second-order valence-corrected chi connectivity index (χ2v) is 21.3. The van der Waals surface area contributed by atoms with Crippen molar-refractivity contribution in [2.45, 2.75) is 354 Å². The van der Waals surface area contributed by atoms with E-state index < -0.39 is 6.10 Å². The van der Waals surface area contributed by atoms with Gasteiger partial charge in [0.15, 0.2) is 6.10 Å². The number of hydrogen-bond acceptors (Lipinski definition) is 6. The molecule has 0 saturated heterocycles. The van der Waals surface area contributed by atoms with Crippen LogP contribution in [-0.4, -0.2) is 37.2 Å². The maximum absolute atomic E-state index is 12.8. The lowest BCUT2D eigenvalue weighted by atomic mass is 10.0. The molecule has 0 bridgehead atoms. The van der Waals surface area contributed by atoms with Gasteiger partial charge in [0, 0.05) is 19.3 Å². The molecule has 0 spiro atoms.